The maximum atomic E-state index is 11.1. The molecule has 0 aliphatic rings. The average molecular weight is 244 g/mol. The Hall–Kier alpha value is -2.25. The van der Waals surface area contributed by atoms with E-state index in [2.05, 4.69) is 14.8 Å². The molecule has 0 heterocycles. The first-order valence-electron chi connectivity index (χ1n) is 4.55. The van der Waals surface area contributed by atoms with Crippen molar-refractivity contribution in [2.24, 2.45) is 4.99 Å². The minimum absolute atomic E-state index is 0.411. The second kappa shape index (κ2) is 7.09. The monoisotopic (exact) mass is 244 g/mol. The number of hydrogen-bond acceptors (Lipinski definition) is 6. The summed E-state index contributed by atoms with van der Waals surface area (Å²) in [5, 5.41) is 1.94. The van der Waals surface area contributed by atoms with Gasteiger partial charge in [-0.25, -0.2) is 9.68 Å². The summed E-state index contributed by atoms with van der Waals surface area (Å²) in [6.45, 7) is 3.34. The summed E-state index contributed by atoms with van der Waals surface area (Å²) in [7, 11) is 0. The van der Waals surface area contributed by atoms with Gasteiger partial charge in [-0.05, 0) is 0 Å². The van der Waals surface area contributed by atoms with Crippen molar-refractivity contribution in [3.8, 4) is 0 Å². The molecule has 94 valence electrons. The predicted molar refractivity (Wildman–Crippen MR) is 54.4 cm³/mol. The van der Waals surface area contributed by atoms with Gasteiger partial charge < -0.3 is 0 Å². The summed E-state index contributed by atoms with van der Waals surface area (Å²) >= 11 is 0. The van der Waals surface area contributed by atoms with E-state index in [-0.39, 0.29) is 0 Å². The van der Waals surface area contributed by atoms with Gasteiger partial charge in [-0.1, -0.05) is 0 Å². The number of carbonyl (C=O) groups is 4. The third-order valence-corrected chi connectivity index (χ3v) is 1.16. The number of rotatable bonds is 2. The Balaban J connectivity index is 4.49. The molecule has 0 aromatic heterocycles. The largest absolute Gasteiger partial charge is 0.352 e. The number of aliphatic imine (C=N–C) groups is 1. The quantitative estimate of drug-likeness (QED) is 0.303. The zero-order chi connectivity index (χ0) is 13.4. The van der Waals surface area contributed by atoms with Crippen LogP contribution in [0.25, 0.3) is 0 Å². The van der Waals surface area contributed by atoms with Crippen LogP contribution in [0.3, 0.4) is 0 Å². The summed E-state index contributed by atoms with van der Waals surface area (Å²) in [4.78, 5) is 54.7. The molecule has 0 fully saturated rings. The van der Waals surface area contributed by atoms with E-state index in [4.69, 9.17) is 0 Å². The van der Waals surface area contributed by atoms with Gasteiger partial charge in [0, 0.05) is 20.8 Å². The molecule has 0 aliphatic carbocycles. The van der Waals surface area contributed by atoms with E-state index in [1.54, 1.807) is 0 Å². The van der Waals surface area contributed by atoms with Gasteiger partial charge >= 0.3 is 5.97 Å². The van der Waals surface area contributed by atoms with Crippen LogP contribution < -0.4 is 5.32 Å². The van der Waals surface area contributed by atoms with E-state index < -0.39 is 36.0 Å². The molecule has 0 saturated heterocycles. The third-order valence-electron chi connectivity index (χ3n) is 1.16. The molecule has 1 N–H and O–H groups in total. The van der Waals surface area contributed by atoms with Crippen molar-refractivity contribution < 1.29 is 29.0 Å². The molecule has 3 amide bonds. The van der Waals surface area contributed by atoms with Crippen molar-refractivity contribution in [3.05, 3.63) is 0 Å². The predicted octanol–water partition coefficient (Wildman–Crippen LogP) is -0.521. The molecule has 0 aromatic carbocycles. The van der Waals surface area contributed by atoms with Crippen molar-refractivity contribution in [1.82, 2.24) is 5.32 Å². The van der Waals surface area contributed by atoms with Gasteiger partial charge in [-0.2, -0.15) is 4.99 Å². The molecule has 0 radical (unpaired) electrons. The van der Waals surface area contributed by atoms with E-state index in [9.17, 15) is 19.2 Å². The molecule has 0 aromatic rings. The van der Waals surface area contributed by atoms with Gasteiger partial charge in [0.25, 0.3) is 5.90 Å². The van der Waals surface area contributed by atoms with Crippen LogP contribution in [-0.4, -0.2) is 29.6 Å². The molecule has 0 atom stereocenters. The van der Waals surface area contributed by atoms with E-state index >= 15 is 0 Å². The van der Waals surface area contributed by atoms with Gasteiger partial charge in [-0.3, -0.25) is 24.6 Å². The molecule has 8 nitrogen and oxygen atoms in total. The lowest BCUT2D eigenvalue weighted by Gasteiger charge is -2.04. The van der Waals surface area contributed by atoms with Gasteiger partial charge in [-0.15, -0.1) is 0 Å². The first-order chi connectivity index (χ1) is 7.81. The first-order valence-corrected chi connectivity index (χ1v) is 4.55. The number of nitrogens with one attached hydrogen (secondary N) is 1. The summed E-state index contributed by atoms with van der Waals surface area (Å²) in [6, 6.07) is 0. The highest BCUT2D eigenvalue weighted by Crippen LogP contribution is 1.94. The standard InChI is InChI=1S/C9H12N2O6/c1-5(12)10-8(15)4-9(11-6(2)13)17-16-7(3)14/h4H2,1-3H3,(H,10,12,15). The van der Waals surface area contributed by atoms with Crippen molar-refractivity contribution >= 4 is 29.6 Å². The molecule has 8 heteroatoms. The number of hydrogen-bond donors (Lipinski definition) is 1. The SMILES string of the molecule is CC(=O)N=C(CC(=O)NC(C)=O)OOC(C)=O. The molecule has 0 unspecified atom stereocenters. The molecule has 0 aliphatic heterocycles. The molecular weight excluding hydrogens is 232 g/mol. The van der Waals surface area contributed by atoms with E-state index in [1.807, 2.05) is 5.32 Å². The maximum absolute atomic E-state index is 11.1. The van der Waals surface area contributed by atoms with E-state index in [0.717, 1.165) is 20.8 Å². The smallest absolute Gasteiger partial charge is 0.296 e. The van der Waals surface area contributed by atoms with Crippen molar-refractivity contribution in [2.45, 2.75) is 27.2 Å². The van der Waals surface area contributed by atoms with Crippen LogP contribution in [0, 0.1) is 0 Å². The maximum Gasteiger partial charge on any atom is 0.352 e. The van der Waals surface area contributed by atoms with Crippen LogP contribution in [0.15, 0.2) is 4.99 Å². The van der Waals surface area contributed by atoms with Crippen LogP contribution in [0.1, 0.15) is 27.2 Å². The lowest BCUT2D eigenvalue weighted by Crippen LogP contribution is -2.30. The summed E-state index contributed by atoms with van der Waals surface area (Å²) in [5.41, 5.74) is 0. The van der Waals surface area contributed by atoms with Crippen LogP contribution in [0.5, 0.6) is 0 Å². The second-order valence-corrected chi connectivity index (χ2v) is 2.96. The molecule has 0 rings (SSSR count). The number of amides is 3. The first kappa shape index (κ1) is 14.8. The Morgan fingerprint density at radius 3 is 2.06 bits per heavy atom. The third kappa shape index (κ3) is 8.73. The molecule has 0 saturated carbocycles. The Kier molecular flexibility index (Phi) is 6.16. The highest BCUT2D eigenvalue weighted by molar-refractivity contribution is 6.05. The fourth-order valence-electron chi connectivity index (χ4n) is 0.748. The summed E-state index contributed by atoms with van der Waals surface area (Å²) in [6.07, 6.45) is -0.494. The Morgan fingerprint density at radius 2 is 1.65 bits per heavy atom. The fraction of sp³-hybridized carbons (Fsp3) is 0.444. The van der Waals surface area contributed by atoms with Gasteiger partial charge in [0.1, 0.15) is 6.42 Å². The molecule has 0 spiro atoms. The highest BCUT2D eigenvalue weighted by atomic mass is 17.2. The van der Waals surface area contributed by atoms with Crippen molar-refractivity contribution in [2.75, 3.05) is 0 Å². The summed E-state index contributed by atoms with van der Waals surface area (Å²) < 4.78 is 0. The van der Waals surface area contributed by atoms with E-state index in [1.165, 1.54) is 0 Å². The lowest BCUT2D eigenvalue weighted by atomic mass is 10.4. The van der Waals surface area contributed by atoms with Gasteiger partial charge in [0.05, 0.1) is 0 Å². The minimum atomic E-state index is -0.770. The Bertz CT molecular complexity index is 374. The molecule has 17 heavy (non-hydrogen) atoms. The van der Waals surface area contributed by atoms with Crippen LogP contribution in [0.2, 0.25) is 0 Å². The van der Waals surface area contributed by atoms with Gasteiger partial charge in [0.2, 0.25) is 17.7 Å². The van der Waals surface area contributed by atoms with Crippen LogP contribution in [-0.2, 0) is 29.0 Å². The second-order valence-electron chi connectivity index (χ2n) is 2.96. The Labute approximate surface area is 96.9 Å². The fourth-order valence-corrected chi connectivity index (χ4v) is 0.748. The minimum Gasteiger partial charge on any atom is -0.296 e. The molecule has 0 bridgehead atoms. The van der Waals surface area contributed by atoms with Gasteiger partial charge in [0.15, 0.2) is 0 Å². The number of imide groups is 1. The zero-order valence-corrected chi connectivity index (χ0v) is 9.60. The number of nitrogens with zero attached hydrogens (tertiary/aromatic N) is 1. The number of carbonyl (C=O) groups excluding carboxylic acids is 4. The zero-order valence-electron chi connectivity index (χ0n) is 9.60. The van der Waals surface area contributed by atoms with Crippen molar-refractivity contribution in [1.29, 1.82) is 0 Å². The van der Waals surface area contributed by atoms with Crippen LogP contribution in [0.4, 0.5) is 0 Å². The topological polar surface area (TPSA) is 111 Å². The van der Waals surface area contributed by atoms with E-state index in [0.29, 0.717) is 0 Å². The summed E-state index contributed by atoms with van der Waals surface area (Å²) in [5.74, 6) is -3.11. The average Bonchev–Trinajstić information content (AvgIpc) is 2.11. The van der Waals surface area contributed by atoms with Crippen LogP contribution >= 0.6 is 0 Å². The highest BCUT2D eigenvalue weighted by Gasteiger charge is 2.13. The van der Waals surface area contributed by atoms with Crippen molar-refractivity contribution in [3.63, 3.8) is 0 Å². The molecular formula is C9H12N2O6. The lowest BCUT2D eigenvalue weighted by molar-refractivity contribution is -0.220. The normalized spacial score (nSPS) is 10.4. The Morgan fingerprint density at radius 1 is 1.06 bits per heavy atom.